The van der Waals surface area contributed by atoms with Gasteiger partial charge in [-0.25, -0.2) is 9.98 Å². The molecule has 0 aliphatic carbocycles. The van der Waals surface area contributed by atoms with Crippen molar-refractivity contribution in [3.63, 3.8) is 0 Å². The first-order valence-corrected chi connectivity index (χ1v) is 12.1. The average molecular weight is 450 g/mol. The van der Waals surface area contributed by atoms with Crippen LogP contribution >= 0.6 is 11.3 Å². The maximum Gasteiger partial charge on any atom is 0.191 e. The number of nitrogens with one attached hydrogen (secondary N) is 2. The summed E-state index contributed by atoms with van der Waals surface area (Å²) in [7, 11) is 0. The third-order valence-corrected chi connectivity index (χ3v) is 6.24. The number of ether oxygens (including phenoxy) is 1. The number of rotatable bonds is 8. The Morgan fingerprint density at radius 2 is 1.78 bits per heavy atom. The van der Waals surface area contributed by atoms with Crippen molar-refractivity contribution in [1.29, 1.82) is 0 Å². The third-order valence-electron chi connectivity index (χ3n) is 5.40. The fraction of sp³-hybridized carbons (Fsp3) is 0.360. The van der Waals surface area contributed by atoms with Crippen LogP contribution in [0.3, 0.4) is 0 Å². The van der Waals surface area contributed by atoms with Crippen LogP contribution in [0.1, 0.15) is 23.1 Å². The monoisotopic (exact) mass is 449 g/mol. The standard InChI is InChI=1S/C25H31N5OS/c1-2-26-25(28-17-24-29-23(19-32-24)20-8-4-3-5-9-20)27-16-21-10-6-7-11-22(21)18-30-12-14-31-15-13-30/h3-11,19H,2,12-18H2,1H3,(H2,26,27,28). The molecule has 168 valence electrons. The van der Waals surface area contributed by atoms with Gasteiger partial charge in [0.05, 0.1) is 32.0 Å². The first kappa shape index (κ1) is 22.5. The summed E-state index contributed by atoms with van der Waals surface area (Å²) in [5.41, 5.74) is 4.76. The minimum atomic E-state index is 0.642. The van der Waals surface area contributed by atoms with Gasteiger partial charge in [0, 0.05) is 37.1 Å². The van der Waals surface area contributed by atoms with Crippen molar-refractivity contribution < 1.29 is 4.74 Å². The van der Waals surface area contributed by atoms with E-state index < -0.39 is 0 Å². The minimum Gasteiger partial charge on any atom is -0.379 e. The molecule has 0 unspecified atom stereocenters. The SMILES string of the molecule is CCNC(=NCc1ccccc1CN1CCOCC1)NCc1nc(-c2ccccc2)cs1. The predicted molar refractivity (Wildman–Crippen MR) is 132 cm³/mol. The fourth-order valence-electron chi connectivity index (χ4n) is 3.67. The Morgan fingerprint density at radius 1 is 1.03 bits per heavy atom. The predicted octanol–water partition coefficient (Wildman–Crippen LogP) is 3.90. The Balaban J connectivity index is 1.38. The van der Waals surface area contributed by atoms with Gasteiger partial charge in [-0.2, -0.15) is 0 Å². The summed E-state index contributed by atoms with van der Waals surface area (Å²) in [6.45, 7) is 8.74. The molecule has 0 spiro atoms. The van der Waals surface area contributed by atoms with Crippen molar-refractivity contribution in [2.45, 2.75) is 26.6 Å². The Bertz CT molecular complexity index is 998. The molecule has 1 saturated heterocycles. The van der Waals surface area contributed by atoms with Gasteiger partial charge in [0.1, 0.15) is 5.01 Å². The molecule has 0 radical (unpaired) electrons. The minimum absolute atomic E-state index is 0.642. The van der Waals surface area contributed by atoms with E-state index in [4.69, 9.17) is 14.7 Å². The first-order valence-electron chi connectivity index (χ1n) is 11.2. The highest BCUT2D eigenvalue weighted by Gasteiger charge is 2.13. The Morgan fingerprint density at radius 3 is 2.56 bits per heavy atom. The molecule has 32 heavy (non-hydrogen) atoms. The van der Waals surface area contributed by atoms with Crippen LogP contribution in [0.25, 0.3) is 11.3 Å². The van der Waals surface area contributed by atoms with E-state index in [0.717, 1.165) is 61.6 Å². The van der Waals surface area contributed by atoms with Crippen LogP contribution in [0.2, 0.25) is 0 Å². The van der Waals surface area contributed by atoms with E-state index in [1.165, 1.54) is 11.1 Å². The summed E-state index contributed by atoms with van der Waals surface area (Å²) in [4.78, 5) is 12.1. The van der Waals surface area contributed by atoms with E-state index in [-0.39, 0.29) is 0 Å². The summed E-state index contributed by atoms with van der Waals surface area (Å²) in [6.07, 6.45) is 0. The van der Waals surface area contributed by atoms with Crippen LogP contribution in [0.5, 0.6) is 0 Å². The molecule has 1 aliphatic heterocycles. The molecule has 6 nitrogen and oxygen atoms in total. The molecule has 1 fully saturated rings. The number of morpholine rings is 1. The quantitative estimate of drug-likeness (QED) is 0.403. The lowest BCUT2D eigenvalue weighted by atomic mass is 10.1. The average Bonchev–Trinajstić information content (AvgIpc) is 3.32. The van der Waals surface area contributed by atoms with Crippen molar-refractivity contribution in [3.8, 4) is 11.3 Å². The van der Waals surface area contributed by atoms with Crippen molar-refractivity contribution in [3.05, 3.63) is 76.1 Å². The third kappa shape index (κ3) is 6.38. The van der Waals surface area contributed by atoms with E-state index in [1.54, 1.807) is 11.3 Å². The normalized spacial score (nSPS) is 15.0. The van der Waals surface area contributed by atoms with Crippen LogP contribution in [-0.2, 0) is 24.4 Å². The highest BCUT2D eigenvalue weighted by molar-refractivity contribution is 7.09. The van der Waals surface area contributed by atoms with Crippen molar-refractivity contribution in [2.24, 2.45) is 4.99 Å². The zero-order valence-corrected chi connectivity index (χ0v) is 19.4. The van der Waals surface area contributed by atoms with Gasteiger partial charge in [-0.3, -0.25) is 4.90 Å². The molecule has 2 N–H and O–H groups in total. The lowest BCUT2D eigenvalue weighted by Crippen LogP contribution is -2.37. The van der Waals surface area contributed by atoms with Gasteiger partial charge in [-0.05, 0) is 18.1 Å². The molecule has 3 aromatic rings. The van der Waals surface area contributed by atoms with Crippen LogP contribution in [0.15, 0.2) is 65.0 Å². The van der Waals surface area contributed by atoms with Gasteiger partial charge in [0.15, 0.2) is 5.96 Å². The molecule has 1 aliphatic rings. The number of aromatic nitrogens is 1. The molecular weight excluding hydrogens is 418 g/mol. The van der Waals surface area contributed by atoms with Crippen LogP contribution in [-0.4, -0.2) is 48.7 Å². The number of hydrogen-bond acceptors (Lipinski definition) is 5. The van der Waals surface area contributed by atoms with Gasteiger partial charge in [-0.15, -0.1) is 11.3 Å². The smallest absolute Gasteiger partial charge is 0.191 e. The molecule has 1 aromatic heterocycles. The highest BCUT2D eigenvalue weighted by Crippen LogP contribution is 2.21. The zero-order valence-electron chi connectivity index (χ0n) is 18.6. The lowest BCUT2D eigenvalue weighted by molar-refractivity contribution is 0.0341. The molecule has 0 amide bonds. The Hall–Kier alpha value is -2.74. The molecule has 4 rings (SSSR count). The molecule has 0 bridgehead atoms. The largest absolute Gasteiger partial charge is 0.379 e. The molecule has 0 atom stereocenters. The Labute approximate surface area is 194 Å². The Kier molecular flexibility index (Phi) is 8.25. The second-order valence-corrected chi connectivity index (χ2v) is 8.64. The van der Waals surface area contributed by atoms with E-state index in [9.17, 15) is 0 Å². The molecule has 2 heterocycles. The van der Waals surface area contributed by atoms with E-state index >= 15 is 0 Å². The summed E-state index contributed by atoms with van der Waals surface area (Å²) in [6, 6.07) is 18.9. The second-order valence-electron chi connectivity index (χ2n) is 7.70. The van der Waals surface area contributed by atoms with Gasteiger partial charge < -0.3 is 15.4 Å². The highest BCUT2D eigenvalue weighted by atomic mass is 32.1. The number of benzene rings is 2. The topological polar surface area (TPSA) is 61.8 Å². The summed E-state index contributed by atoms with van der Waals surface area (Å²) in [5, 5.41) is 9.94. The van der Waals surface area contributed by atoms with Crippen LogP contribution in [0, 0.1) is 0 Å². The molecule has 2 aromatic carbocycles. The maximum absolute atomic E-state index is 5.48. The molecular formula is C25H31N5OS. The van der Waals surface area contributed by atoms with Gasteiger partial charge >= 0.3 is 0 Å². The van der Waals surface area contributed by atoms with Gasteiger partial charge in [0.25, 0.3) is 0 Å². The molecule has 7 heteroatoms. The summed E-state index contributed by atoms with van der Waals surface area (Å²) < 4.78 is 5.48. The van der Waals surface area contributed by atoms with Crippen LogP contribution in [0.4, 0.5) is 0 Å². The van der Waals surface area contributed by atoms with E-state index in [1.807, 2.05) is 18.2 Å². The number of aliphatic imine (C=N–C) groups is 1. The summed E-state index contributed by atoms with van der Waals surface area (Å²) in [5.74, 6) is 0.810. The summed E-state index contributed by atoms with van der Waals surface area (Å²) >= 11 is 1.67. The van der Waals surface area contributed by atoms with Crippen molar-refractivity contribution in [1.82, 2.24) is 20.5 Å². The van der Waals surface area contributed by atoms with Gasteiger partial charge in [0.2, 0.25) is 0 Å². The van der Waals surface area contributed by atoms with Crippen molar-refractivity contribution >= 4 is 17.3 Å². The van der Waals surface area contributed by atoms with Crippen molar-refractivity contribution in [2.75, 3.05) is 32.8 Å². The number of nitrogens with zero attached hydrogens (tertiary/aromatic N) is 3. The first-order chi connectivity index (χ1) is 15.8. The second kappa shape index (κ2) is 11.8. The number of thiazole rings is 1. The maximum atomic E-state index is 5.48. The zero-order chi connectivity index (χ0) is 22.0. The number of guanidine groups is 1. The lowest BCUT2D eigenvalue weighted by Gasteiger charge is -2.27. The van der Waals surface area contributed by atoms with Crippen LogP contribution < -0.4 is 10.6 Å². The number of hydrogen-bond donors (Lipinski definition) is 2. The van der Waals surface area contributed by atoms with E-state index in [2.05, 4.69) is 64.2 Å². The van der Waals surface area contributed by atoms with Gasteiger partial charge in [-0.1, -0.05) is 54.6 Å². The fourth-order valence-corrected chi connectivity index (χ4v) is 4.41. The molecule has 0 saturated carbocycles. The van der Waals surface area contributed by atoms with E-state index in [0.29, 0.717) is 13.1 Å².